The van der Waals surface area contributed by atoms with E-state index in [4.69, 9.17) is 10.7 Å². The van der Waals surface area contributed by atoms with Gasteiger partial charge in [-0.1, -0.05) is 31.3 Å². The molecule has 0 amide bonds. The SMILES string of the molecule is CC(c1cccs1)N(C)c1nc2c(s1)C(N)CC(C)(C)C2. The summed E-state index contributed by atoms with van der Waals surface area (Å²) in [6, 6.07) is 4.78. The topological polar surface area (TPSA) is 42.2 Å². The van der Waals surface area contributed by atoms with Crippen LogP contribution in [0.25, 0.3) is 0 Å². The van der Waals surface area contributed by atoms with E-state index in [1.165, 1.54) is 15.4 Å². The van der Waals surface area contributed by atoms with Crippen molar-refractivity contribution in [1.29, 1.82) is 0 Å². The molecule has 2 aromatic heterocycles. The number of nitrogens with two attached hydrogens (primary N) is 1. The van der Waals surface area contributed by atoms with Gasteiger partial charge in [0.15, 0.2) is 5.13 Å². The van der Waals surface area contributed by atoms with E-state index in [0.29, 0.717) is 6.04 Å². The first-order valence-corrected chi connectivity index (χ1v) is 9.08. The molecule has 2 atom stereocenters. The Bertz CT molecular complexity index is 616. The highest BCUT2D eigenvalue weighted by molar-refractivity contribution is 7.15. The van der Waals surface area contributed by atoms with Crippen LogP contribution >= 0.6 is 22.7 Å². The predicted molar refractivity (Wildman–Crippen MR) is 92.3 cm³/mol. The minimum Gasteiger partial charge on any atom is -0.344 e. The first kappa shape index (κ1) is 15.0. The Morgan fingerprint density at radius 1 is 1.48 bits per heavy atom. The van der Waals surface area contributed by atoms with Gasteiger partial charge in [-0.2, -0.15) is 0 Å². The van der Waals surface area contributed by atoms with Gasteiger partial charge in [-0.15, -0.1) is 11.3 Å². The average Bonchev–Trinajstić information content (AvgIpc) is 3.04. The molecule has 0 saturated carbocycles. The molecule has 0 aliphatic heterocycles. The summed E-state index contributed by atoms with van der Waals surface area (Å²) in [6.07, 6.45) is 2.08. The summed E-state index contributed by atoms with van der Waals surface area (Å²) in [5.74, 6) is 0. The maximum absolute atomic E-state index is 6.36. The lowest BCUT2D eigenvalue weighted by molar-refractivity contribution is 0.282. The summed E-state index contributed by atoms with van der Waals surface area (Å²) in [5.41, 5.74) is 7.83. The minimum absolute atomic E-state index is 0.139. The van der Waals surface area contributed by atoms with Crippen LogP contribution in [-0.2, 0) is 6.42 Å². The predicted octanol–water partition coefficient (Wildman–Crippen LogP) is 4.37. The summed E-state index contributed by atoms with van der Waals surface area (Å²) < 4.78 is 0. The lowest BCUT2D eigenvalue weighted by Gasteiger charge is -2.32. The molecule has 0 bridgehead atoms. The molecule has 0 saturated heterocycles. The third-order valence-corrected chi connectivity index (χ3v) is 6.67. The van der Waals surface area contributed by atoms with Crippen molar-refractivity contribution in [2.75, 3.05) is 11.9 Å². The van der Waals surface area contributed by atoms with Crippen molar-refractivity contribution in [3.63, 3.8) is 0 Å². The molecule has 0 aromatic carbocycles. The fourth-order valence-electron chi connectivity index (χ4n) is 3.02. The fraction of sp³-hybridized carbons (Fsp3) is 0.562. The maximum Gasteiger partial charge on any atom is 0.186 e. The molecule has 3 nitrogen and oxygen atoms in total. The average molecular weight is 322 g/mol. The fourth-order valence-corrected chi connectivity index (χ4v) is 4.97. The number of nitrogens with zero attached hydrogens (tertiary/aromatic N) is 2. The Morgan fingerprint density at radius 2 is 2.24 bits per heavy atom. The standard InChI is InChI=1S/C16H23N3S2/c1-10(13-6-5-7-20-13)19(4)15-18-12-9-16(2,3)8-11(17)14(12)21-15/h5-7,10-11H,8-9,17H2,1-4H3. The van der Waals surface area contributed by atoms with Crippen LogP contribution < -0.4 is 10.6 Å². The number of thiazole rings is 1. The zero-order valence-electron chi connectivity index (χ0n) is 13.1. The first-order chi connectivity index (χ1) is 9.87. The minimum atomic E-state index is 0.139. The van der Waals surface area contributed by atoms with Gasteiger partial charge in [0.25, 0.3) is 0 Å². The summed E-state index contributed by atoms with van der Waals surface area (Å²) in [5, 5.41) is 3.22. The first-order valence-electron chi connectivity index (χ1n) is 7.39. The number of rotatable bonds is 3. The summed E-state index contributed by atoms with van der Waals surface area (Å²) >= 11 is 3.57. The van der Waals surface area contributed by atoms with Crippen LogP contribution in [-0.4, -0.2) is 12.0 Å². The smallest absolute Gasteiger partial charge is 0.186 e. The summed E-state index contributed by atoms with van der Waals surface area (Å²) in [6.45, 7) is 6.80. The molecule has 21 heavy (non-hydrogen) atoms. The van der Waals surface area contributed by atoms with E-state index in [1.807, 2.05) is 0 Å². The molecule has 2 heterocycles. The van der Waals surface area contributed by atoms with Crippen LogP contribution in [0.2, 0.25) is 0 Å². The van der Waals surface area contributed by atoms with Gasteiger partial charge in [-0.3, -0.25) is 0 Å². The van der Waals surface area contributed by atoms with Crippen LogP contribution in [0.3, 0.4) is 0 Å². The molecule has 0 spiro atoms. The largest absolute Gasteiger partial charge is 0.344 e. The van der Waals surface area contributed by atoms with Crippen molar-refractivity contribution in [3.8, 4) is 0 Å². The van der Waals surface area contributed by atoms with Crippen LogP contribution in [0.15, 0.2) is 17.5 Å². The lowest BCUT2D eigenvalue weighted by Crippen LogP contribution is -2.28. The third kappa shape index (κ3) is 2.87. The molecule has 2 unspecified atom stereocenters. The number of hydrogen-bond donors (Lipinski definition) is 1. The van der Waals surface area contributed by atoms with Crippen molar-refractivity contribution in [2.24, 2.45) is 11.1 Å². The zero-order valence-corrected chi connectivity index (χ0v) is 14.7. The summed E-state index contributed by atoms with van der Waals surface area (Å²) in [7, 11) is 2.13. The molecule has 0 fully saturated rings. The number of fused-ring (bicyclic) bond motifs is 1. The third-order valence-electron chi connectivity index (χ3n) is 4.31. The van der Waals surface area contributed by atoms with Crippen molar-refractivity contribution in [2.45, 2.75) is 45.7 Å². The second kappa shape index (κ2) is 5.38. The Labute approximate surface area is 134 Å². The number of hydrogen-bond acceptors (Lipinski definition) is 5. The van der Waals surface area contributed by atoms with E-state index in [9.17, 15) is 0 Å². The van der Waals surface area contributed by atoms with Crippen molar-refractivity contribution in [1.82, 2.24) is 4.98 Å². The Balaban J connectivity index is 1.88. The van der Waals surface area contributed by atoms with Gasteiger partial charge in [0, 0.05) is 22.8 Å². The van der Waals surface area contributed by atoms with Crippen LogP contribution in [0.1, 0.15) is 54.7 Å². The van der Waals surface area contributed by atoms with E-state index in [-0.39, 0.29) is 11.5 Å². The van der Waals surface area contributed by atoms with Crippen molar-refractivity contribution < 1.29 is 0 Å². The van der Waals surface area contributed by atoms with E-state index in [1.54, 1.807) is 22.7 Å². The highest BCUT2D eigenvalue weighted by atomic mass is 32.1. The van der Waals surface area contributed by atoms with E-state index < -0.39 is 0 Å². The van der Waals surface area contributed by atoms with E-state index >= 15 is 0 Å². The Hall–Kier alpha value is -0.910. The van der Waals surface area contributed by atoms with Gasteiger partial charge >= 0.3 is 0 Å². The normalized spacial score (nSPS) is 21.9. The monoisotopic (exact) mass is 321 g/mol. The van der Waals surface area contributed by atoms with Crippen molar-refractivity contribution >= 4 is 27.8 Å². The molecule has 2 aromatic rings. The number of thiophene rings is 1. The molecule has 5 heteroatoms. The lowest BCUT2D eigenvalue weighted by atomic mass is 9.77. The highest BCUT2D eigenvalue weighted by Crippen LogP contribution is 2.44. The van der Waals surface area contributed by atoms with Crippen LogP contribution in [0, 0.1) is 5.41 Å². The molecular formula is C16H23N3S2. The Kier molecular flexibility index (Phi) is 3.84. The van der Waals surface area contributed by atoms with Gasteiger partial charge in [-0.25, -0.2) is 4.98 Å². The molecule has 1 aliphatic rings. The molecule has 3 rings (SSSR count). The van der Waals surface area contributed by atoms with Gasteiger partial charge in [0.1, 0.15) is 0 Å². The summed E-state index contributed by atoms with van der Waals surface area (Å²) in [4.78, 5) is 9.83. The second-order valence-corrected chi connectivity index (χ2v) is 8.75. The molecule has 1 aliphatic carbocycles. The molecule has 0 radical (unpaired) electrons. The quantitative estimate of drug-likeness (QED) is 0.912. The van der Waals surface area contributed by atoms with Crippen molar-refractivity contribution in [3.05, 3.63) is 33.0 Å². The van der Waals surface area contributed by atoms with Crippen LogP contribution in [0.5, 0.6) is 0 Å². The highest BCUT2D eigenvalue weighted by Gasteiger charge is 2.34. The maximum atomic E-state index is 6.36. The van der Waals surface area contributed by atoms with Gasteiger partial charge in [-0.05, 0) is 36.6 Å². The number of anilines is 1. The van der Waals surface area contributed by atoms with E-state index in [0.717, 1.165) is 18.0 Å². The van der Waals surface area contributed by atoms with Gasteiger partial charge in [0.05, 0.1) is 11.7 Å². The van der Waals surface area contributed by atoms with Gasteiger partial charge < -0.3 is 10.6 Å². The molecular weight excluding hydrogens is 298 g/mol. The zero-order chi connectivity index (χ0) is 15.2. The Morgan fingerprint density at radius 3 is 2.90 bits per heavy atom. The van der Waals surface area contributed by atoms with E-state index in [2.05, 4.69) is 50.2 Å². The van der Waals surface area contributed by atoms with Crippen LogP contribution in [0.4, 0.5) is 5.13 Å². The van der Waals surface area contributed by atoms with Gasteiger partial charge in [0.2, 0.25) is 0 Å². The second-order valence-electron chi connectivity index (χ2n) is 6.76. The molecule has 2 N–H and O–H groups in total. The number of aromatic nitrogens is 1. The molecule has 114 valence electrons.